The third-order valence-corrected chi connectivity index (χ3v) is 6.55. The lowest BCUT2D eigenvalue weighted by Crippen LogP contribution is -2.32. The average molecular weight is 457 g/mol. The van der Waals surface area contributed by atoms with Crippen LogP contribution in [0, 0.1) is 0 Å². The molecule has 1 saturated heterocycles. The molecule has 1 fully saturated rings. The fourth-order valence-electron chi connectivity index (χ4n) is 3.33. The summed E-state index contributed by atoms with van der Waals surface area (Å²) in [5.41, 5.74) is 2.27. The predicted molar refractivity (Wildman–Crippen MR) is 124 cm³/mol. The third-order valence-electron chi connectivity index (χ3n) is 4.99. The van der Waals surface area contributed by atoms with Crippen molar-refractivity contribution in [2.45, 2.75) is 31.2 Å². The Morgan fingerprint density at radius 3 is 2.47 bits per heavy atom. The number of hydrogen-bond acceptors (Lipinski definition) is 4. The molecule has 3 rings (SSSR count). The quantitative estimate of drug-likeness (QED) is 0.531. The molecule has 170 valence electrons. The molecule has 0 atom stereocenters. The van der Waals surface area contributed by atoms with E-state index in [0.29, 0.717) is 24.3 Å². The minimum Gasteiger partial charge on any atom is -0.348 e. The third kappa shape index (κ3) is 6.66. The monoisotopic (exact) mass is 456 g/mol. The number of benzene rings is 2. The molecule has 8 nitrogen and oxygen atoms in total. The summed E-state index contributed by atoms with van der Waals surface area (Å²) in [6.45, 7) is 3.91. The molecule has 0 aromatic heterocycles. The van der Waals surface area contributed by atoms with Crippen LogP contribution < -0.4 is 15.4 Å². The average Bonchev–Trinajstić information content (AvgIpc) is 3.32. The molecule has 2 aromatic carbocycles. The second-order valence-corrected chi connectivity index (χ2v) is 9.21. The van der Waals surface area contributed by atoms with E-state index in [0.717, 1.165) is 31.5 Å². The van der Waals surface area contributed by atoms with E-state index in [-0.39, 0.29) is 16.8 Å². The van der Waals surface area contributed by atoms with Crippen LogP contribution in [0.1, 0.15) is 30.9 Å². The molecule has 1 aliphatic rings. The van der Waals surface area contributed by atoms with Gasteiger partial charge in [-0.3, -0.25) is 4.79 Å². The van der Waals surface area contributed by atoms with Gasteiger partial charge in [0, 0.05) is 37.9 Å². The van der Waals surface area contributed by atoms with Gasteiger partial charge < -0.3 is 15.5 Å². The Balaban J connectivity index is 1.51. The number of sulfonamides is 1. The second kappa shape index (κ2) is 10.9. The van der Waals surface area contributed by atoms with Gasteiger partial charge in [-0.05, 0) is 54.3 Å². The minimum absolute atomic E-state index is 0.101. The summed E-state index contributed by atoms with van der Waals surface area (Å²) >= 11 is 0. The van der Waals surface area contributed by atoms with Crippen LogP contribution in [0.25, 0.3) is 6.08 Å². The smallest absolute Gasteiger partial charge is 0.321 e. The van der Waals surface area contributed by atoms with Crippen LogP contribution >= 0.6 is 0 Å². The van der Waals surface area contributed by atoms with Gasteiger partial charge in [-0.1, -0.05) is 31.2 Å². The zero-order valence-corrected chi connectivity index (χ0v) is 18.8. The lowest BCUT2D eigenvalue weighted by atomic mass is 10.2. The Kier molecular flexibility index (Phi) is 8.02. The van der Waals surface area contributed by atoms with Crippen molar-refractivity contribution in [2.24, 2.45) is 0 Å². The van der Waals surface area contributed by atoms with E-state index in [2.05, 4.69) is 15.4 Å². The summed E-state index contributed by atoms with van der Waals surface area (Å²) in [7, 11) is -3.50. The molecule has 32 heavy (non-hydrogen) atoms. The van der Waals surface area contributed by atoms with Gasteiger partial charge in [0.25, 0.3) is 0 Å². The van der Waals surface area contributed by atoms with Crippen molar-refractivity contribution >= 4 is 33.7 Å². The number of amides is 3. The first-order chi connectivity index (χ1) is 15.4. The van der Waals surface area contributed by atoms with Gasteiger partial charge in [0.2, 0.25) is 15.9 Å². The second-order valence-electron chi connectivity index (χ2n) is 7.45. The van der Waals surface area contributed by atoms with Crippen molar-refractivity contribution < 1.29 is 18.0 Å². The van der Waals surface area contributed by atoms with E-state index in [9.17, 15) is 18.0 Å². The maximum Gasteiger partial charge on any atom is 0.321 e. The zero-order chi connectivity index (χ0) is 23.0. The van der Waals surface area contributed by atoms with Gasteiger partial charge >= 0.3 is 6.03 Å². The summed E-state index contributed by atoms with van der Waals surface area (Å²) in [6.07, 6.45) is 5.08. The summed E-state index contributed by atoms with van der Waals surface area (Å²) in [5, 5.41) is 5.70. The predicted octanol–water partition coefficient (Wildman–Crippen LogP) is 2.94. The number of hydrogen-bond donors (Lipinski definition) is 3. The van der Waals surface area contributed by atoms with Crippen molar-refractivity contribution in [2.75, 3.05) is 25.0 Å². The summed E-state index contributed by atoms with van der Waals surface area (Å²) in [4.78, 5) is 26.3. The van der Waals surface area contributed by atoms with Gasteiger partial charge in [0.1, 0.15) is 0 Å². The zero-order valence-electron chi connectivity index (χ0n) is 18.0. The number of urea groups is 1. The lowest BCUT2D eigenvalue weighted by Gasteiger charge is -2.16. The van der Waals surface area contributed by atoms with Crippen LogP contribution in [0.5, 0.6) is 0 Å². The number of anilines is 1. The number of rotatable bonds is 8. The molecule has 9 heteroatoms. The fourth-order valence-corrected chi connectivity index (χ4v) is 4.37. The molecule has 0 saturated carbocycles. The normalized spacial score (nSPS) is 14.0. The first-order valence-electron chi connectivity index (χ1n) is 10.6. The summed E-state index contributed by atoms with van der Waals surface area (Å²) in [5.74, 6) is -0.277. The number of carbonyl (C=O) groups is 2. The van der Waals surface area contributed by atoms with E-state index in [1.807, 2.05) is 24.3 Å². The van der Waals surface area contributed by atoms with Gasteiger partial charge in [-0.2, -0.15) is 0 Å². The Hall–Kier alpha value is -3.17. The molecule has 0 unspecified atom stereocenters. The lowest BCUT2D eigenvalue weighted by molar-refractivity contribution is -0.116. The summed E-state index contributed by atoms with van der Waals surface area (Å²) in [6, 6.07) is 13.5. The van der Waals surface area contributed by atoms with Crippen LogP contribution in [-0.2, 0) is 21.4 Å². The number of nitrogens with one attached hydrogen (secondary N) is 3. The van der Waals surface area contributed by atoms with Gasteiger partial charge in [0.15, 0.2) is 0 Å². The molecule has 0 bridgehead atoms. The molecule has 1 heterocycles. The van der Waals surface area contributed by atoms with E-state index < -0.39 is 10.0 Å². The first-order valence-corrected chi connectivity index (χ1v) is 12.1. The standard InChI is InChI=1S/C23H28N4O4S/c1-2-25-32(30,31)21-11-8-18(9-12-21)10-13-22(28)24-17-19-6-5-7-20(16-19)26-23(29)27-14-3-4-15-27/h5-13,16,25H,2-4,14-15,17H2,1H3,(H,24,28)(H,26,29). The van der Waals surface area contributed by atoms with E-state index in [1.54, 1.807) is 30.0 Å². The molecular weight excluding hydrogens is 428 g/mol. The molecule has 2 aromatic rings. The topological polar surface area (TPSA) is 108 Å². The Morgan fingerprint density at radius 1 is 1.06 bits per heavy atom. The molecule has 3 amide bonds. The number of likely N-dealkylation sites (tertiary alicyclic amines) is 1. The number of carbonyl (C=O) groups excluding carboxylic acids is 2. The van der Waals surface area contributed by atoms with Gasteiger partial charge in [-0.25, -0.2) is 17.9 Å². The van der Waals surface area contributed by atoms with Crippen molar-refractivity contribution in [1.82, 2.24) is 14.9 Å². The van der Waals surface area contributed by atoms with E-state index in [4.69, 9.17) is 0 Å². The van der Waals surface area contributed by atoms with Crippen molar-refractivity contribution in [1.29, 1.82) is 0 Å². The number of nitrogens with zero attached hydrogens (tertiary/aromatic N) is 1. The highest BCUT2D eigenvalue weighted by Gasteiger charge is 2.17. The molecule has 0 spiro atoms. The maximum atomic E-state index is 12.2. The van der Waals surface area contributed by atoms with Gasteiger partial charge in [-0.15, -0.1) is 0 Å². The molecule has 0 aliphatic carbocycles. The van der Waals surface area contributed by atoms with Crippen LogP contribution in [0.2, 0.25) is 0 Å². The van der Waals surface area contributed by atoms with Crippen LogP contribution in [-0.4, -0.2) is 44.9 Å². The largest absolute Gasteiger partial charge is 0.348 e. The van der Waals surface area contributed by atoms with Crippen LogP contribution in [0.4, 0.5) is 10.5 Å². The van der Waals surface area contributed by atoms with E-state index >= 15 is 0 Å². The highest BCUT2D eigenvalue weighted by atomic mass is 32.2. The molecule has 3 N–H and O–H groups in total. The molecule has 0 radical (unpaired) electrons. The Morgan fingerprint density at radius 2 is 1.78 bits per heavy atom. The van der Waals surface area contributed by atoms with E-state index in [1.165, 1.54) is 18.2 Å². The van der Waals surface area contributed by atoms with Crippen LogP contribution in [0.15, 0.2) is 59.5 Å². The molecule has 1 aliphatic heterocycles. The first kappa shape index (κ1) is 23.5. The Bertz CT molecular complexity index is 1080. The van der Waals surface area contributed by atoms with Crippen LogP contribution in [0.3, 0.4) is 0 Å². The fraction of sp³-hybridized carbons (Fsp3) is 0.304. The minimum atomic E-state index is -3.50. The SMILES string of the molecule is CCNS(=O)(=O)c1ccc(C=CC(=O)NCc2cccc(NC(=O)N3CCCC3)c2)cc1. The summed E-state index contributed by atoms with van der Waals surface area (Å²) < 4.78 is 26.4. The van der Waals surface area contributed by atoms with Crippen molar-refractivity contribution in [3.05, 3.63) is 65.7 Å². The molecular formula is C23H28N4O4S. The van der Waals surface area contributed by atoms with Crippen molar-refractivity contribution in [3.63, 3.8) is 0 Å². The maximum absolute atomic E-state index is 12.2. The highest BCUT2D eigenvalue weighted by molar-refractivity contribution is 7.89. The van der Waals surface area contributed by atoms with Crippen molar-refractivity contribution in [3.8, 4) is 0 Å². The highest BCUT2D eigenvalue weighted by Crippen LogP contribution is 2.14. The Labute approximate surface area is 188 Å². The van der Waals surface area contributed by atoms with Gasteiger partial charge in [0.05, 0.1) is 4.90 Å².